The van der Waals surface area contributed by atoms with Gasteiger partial charge in [-0.25, -0.2) is 4.79 Å². The molecule has 0 fully saturated rings. The molecule has 5 nitrogen and oxygen atoms in total. The van der Waals surface area contributed by atoms with E-state index < -0.39 is 17.4 Å². The van der Waals surface area contributed by atoms with Gasteiger partial charge < -0.3 is 14.8 Å². The van der Waals surface area contributed by atoms with E-state index in [1.165, 1.54) is 0 Å². The molecule has 0 radical (unpaired) electrons. The van der Waals surface area contributed by atoms with E-state index in [0.29, 0.717) is 12.0 Å². The Labute approximate surface area is 135 Å². The number of amides is 1. The number of benzene rings is 1. The van der Waals surface area contributed by atoms with Crippen molar-refractivity contribution in [2.24, 2.45) is 0 Å². The maximum absolute atomic E-state index is 12.5. The van der Waals surface area contributed by atoms with Crippen LogP contribution in [0, 0.1) is 6.92 Å². The van der Waals surface area contributed by atoms with E-state index in [-0.39, 0.29) is 12.2 Å². The second-order valence-corrected chi connectivity index (χ2v) is 5.45. The lowest BCUT2D eigenvalue weighted by atomic mass is 9.87. The number of nitrogens with one attached hydrogen (secondary N) is 1. The summed E-state index contributed by atoms with van der Waals surface area (Å²) in [5.41, 5.74) is -0.0667. The molecule has 1 atom stereocenters. The summed E-state index contributed by atoms with van der Waals surface area (Å²) in [6.45, 7) is 5.53. The van der Waals surface area contributed by atoms with Gasteiger partial charge >= 0.3 is 5.97 Å². The normalized spacial score (nSPS) is 13.3. The molecule has 1 amide bonds. The first kappa shape index (κ1) is 16.8. The molecule has 0 saturated carbocycles. The maximum atomic E-state index is 12.5. The van der Waals surface area contributed by atoms with Crippen molar-refractivity contribution in [3.05, 3.63) is 59.0 Å². The van der Waals surface area contributed by atoms with Crippen LogP contribution in [-0.4, -0.2) is 17.0 Å². The largest absolute Gasteiger partial charge is 0.479 e. The topological polar surface area (TPSA) is 79.5 Å². The standard InChI is InChI=1S/C18H21NO4/c1-4-14-12(3)11-15(23-14)16(20)19-18(5-2,17(21)22)13-9-7-6-8-10-13/h6-11H,4-5H2,1-3H3,(H,19,20)(H,21,22). The minimum Gasteiger partial charge on any atom is -0.479 e. The molecule has 0 aliphatic heterocycles. The van der Waals surface area contributed by atoms with E-state index >= 15 is 0 Å². The molecule has 0 bridgehead atoms. The first-order chi connectivity index (χ1) is 10.9. The van der Waals surface area contributed by atoms with Gasteiger partial charge in [-0.15, -0.1) is 0 Å². The second kappa shape index (κ2) is 6.69. The van der Waals surface area contributed by atoms with Crippen molar-refractivity contribution in [2.45, 2.75) is 39.2 Å². The SMILES string of the molecule is CCc1oc(C(=O)NC(CC)(C(=O)O)c2ccccc2)cc1C. The molecule has 0 spiro atoms. The molecule has 5 heteroatoms. The van der Waals surface area contributed by atoms with Crippen molar-refractivity contribution in [3.8, 4) is 0 Å². The molecule has 2 N–H and O–H groups in total. The van der Waals surface area contributed by atoms with Crippen LogP contribution in [-0.2, 0) is 16.8 Å². The Morgan fingerprint density at radius 2 is 1.87 bits per heavy atom. The van der Waals surface area contributed by atoms with Gasteiger partial charge in [-0.1, -0.05) is 44.2 Å². The zero-order valence-electron chi connectivity index (χ0n) is 13.6. The van der Waals surface area contributed by atoms with Gasteiger partial charge in [0, 0.05) is 6.42 Å². The average molecular weight is 315 g/mol. The van der Waals surface area contributed by atoms with Gasteiger partial charge in [-0.2, -0.15) is 0 Å². The third-order valence-corrected chi connectivity index (χ3v) is 4.05. The molecular weight excluding hydrogens is 294 g/mol. The number of aliphatic carboxylic acids is 1. The predicted molar refractivity (Wildman–Crippen MR) is 86.3 cm³/mol. The van der Waals surface area contributed by atoms with Crippen LogP contribution in [0.25, 0.3) is 0 Å². The predicted octanol–water partition coefficient (Wildman–Crippen LogP) is 3.27. The van der Waals surface area contributed by atoms with Crippen LogP contribution in [0.5, 0.6) is 0 Å². The van der Waals surface area contributed by atoms with Gasteiger partial charge in [0.15, 0.2) is 11.3 Å². The van der Waals surface area contributed by atoms with Crippen molar-refractivity contribution in [1.82, 2.24) is 5.32 Å². The molecule has 122 valence electrons. The Bertz CT molecular complexity index is 705. The Hall–Kier alpha value is -2.56. The first-order valence-electron chi connectivity index (χ1n) is 7.65. The zero-order valence-corrected chi connectivity index (χ0v) is 13.6. The second-order valence-electron chi connectivity index (χ2n) is 5.45. The fourth-order valence-electron chi connectivity index (χ4n) is 2.65. The van der Waals surface area contributed by atoms with Crippen molar-refractivity contribution in [1.29, 1.82) is 0 Å². The van der Waals surface area contributed by atoms with E-state index in [0.717, 1.165) is 11.3 Å². The lowest BCUT2D eigenvalue weighted by Crippen LogP contribution is -2.51. The summed E-state index contributed by atoms with van der Waals surface area (Å²) in [5, 5.41) is 12.4. The molecule has 1 aromatic heterocycles. The summed E-state index contributed by atoms with van der Waals surface area (Å²) in [5.74, 6) is -0.763. The van der Waals surface area contributed by atoms with Crippen LogP contribution in [0.15, 0.2) is 40.8 Å². The third kappa shape index (κ3) is 3.13. The van der Waals surface area contributed by atoms with E-state index in [2.05, 4.69) is 5.32 Å². The number of aryl methyl sites for hydroxylation is 2. The lowest BCUT2D eigenvalue weighted by Gasteiger charge is -2.29. The third-order valence-electron chi connectivity index (χ3n) is 4.05. The zero-order chi connectivity index (χ0) is 17.0. The minimum absolute atomic E-state index is 0.134. The summed E-state index contributed by atoms with van der Waals surface area (Å²) < 4.78 is 5.53. The summed E-state index contributed by atoms with van der Waals surface area (Å²) in [6.07, 6.45) is 0.897. The quantitative estimate of drug-likeness (QED) is 0.857. The van der Waals surface area contributed by atoms with Gasteiger partial charge in [0.25, 0.3) is 5.91 Å². The Balaban J connectivity index is 2.38. The highest BCUT2D eigenvalue weighted by Crippen LogP contribution is 2.26. The number of carbonyl (C=O) groups excluding carboxylic acids is 1. The molecule has 1 heterocycles. The minimum atomic E-state index is -1.48. The fourth-order valence-corrected chi connectivity index (χ4v) is 2.65. The van der Waals surface area contributed by atoms with Gasteiger partial charge in [0.2, 0.25) is 0 Å². The van der Waals surface area contributed by atoms with Gasteiger partial charge in [0.1, 0.15) is 5.76 Å². The molecule has 2 aromatic rings. The Morgan fingerprint density at radius 1 is 1.22 bits per heavy atom. The number of carboxylic acid groups (broad SMARTS) is 1. The molecule has 0 saturated heterocycles. The van der Waals surface area contributed by atoms with Crippen LogP contribution < -0.4 is 5.32 Å². The Kier molecular flexibility index (Phi) is 4.89. The highest BCUT2D eigenvalue weighted by atomic mass is 16.4. The van der Waals surface area contributed by atoms with Crippen LogP contribution in [0.1, 0.15) is 47.7 Å². The van der Waals surface area contributed by atoms with Crippen LogP contribution in [0.2, 0.25) is 0 Å². The van der Waals surface area contributed by atoms with E-state index in [1.54, 1.807) is 43.3 Å². The van der Waals surface area contributed by atoms with Crippen molar-refractivity contribution in [2.75, 3.05) is 0 Å². The van der Waals surface area contributed by atoms with Gasteiger partial charge in [-0.05, 0) is 30.5 Å². The van der Waals surface area contributed by atoms with Crippen LogP contribution in [0.3, 0.4) is 0 Å². The van der Waals surface area contributed by atoms with Gasteiger partial charge in [-0.3, -0.25) is 4.79 Å². The Morgan fingerprint density at radius 3 is 2.35 bits per heavy atom. The lowest BCUT2D eigenvalue weighted by molar-refractivity contribution is -0.145. The molecule has 0 aliphatic carbocycles. The van der Waals surface area contributed by atoms with Crippen molar-refractivity contribution in [3.63, 3.8) is 0 Å². The van der Waals surface area contributed by atoms with E-state index in [1.807, 2.05) is 13.8 Å². The van der Waals surface area contributed by atoms with E-state index in [4.69, 9.17) is 4.42 Å². The maximum Gasteiger partial charge on any atom is 0.334 e. The number of carboxylic acids is 1. The van der Waals surface area contributed by atoms with Crippen molar-refractivity contribution < 1.29 is 19.1 Å². The van der Waals surface area contributed by atoms with Crippen LogP contribution in [0.4, 0.5) is 0 Å². The molecule has 2 rings (SSSR count). The summed E-state index contributed by atoms with van der Waals surface area (Å²) in [6, 6.07) is 10.3. The number of carbonyl (C=O) groups is 2. The summed E-state index contributed by atoms with van der Waals surface area (Å²) in [7, 11) is 0. The number of furan rings is 1. The van der Waals surface area contributed by atoms with Crippen molar-refractivity contribution >= 4 is 11.9 Å². The first-order valence-corrected chi connectivity index (χ1v) is 7.65. The summed E-state index contributed by atoms with van der Waals surface area (Å²) in [4.78, 5) is 24.4. The number of hydrogen-bond acceptors (Lipinski definition) is 3. The molecular formula is C18H21NO4. The monoisotopic (exact) mass is 315 g/mol. The molecule has 0 aliphatic rings. The fraction of sp³-hybridized carbons (Fsp3) is 0.333. The highest BCUT2D eigenvalue weighted by Gasteiger charge is 2.41. The molecule has 1 unspecified atom stereocenters. The van der Waals surface area contributed by atoms with Crippen LogP contribution >= 0.6 is 0 Å². The van der Waals surface area contributed by atoms with Gasteiger partial charge in [0.05, 0.1) is 0 Å². The number of hydrogen-bond donors (Lipinski definition) is 2. The number of rotatable bonds is 6. The highest BCUT2D eigenvalue weighted by molar-refractivity contribution is 5.96. The average Bonchev–Trinajstić information content (AvgIpc) is 2.94. The molecule has 23 heavy (non-hydrogen) atoms. The van der Waals surface area contributed by atoms with E-state index in [9.17, 15) is 14.7 Å². The summed E-state index contributed by atoms with van der Waals surface area (Å²) >= 11 is 0. The molecule has 1 aromatic carbocycles. The smallest absolute Gasteiger partial charge is 0.334 e.